The van der Waals surface area contributed by atoms with Crippen molar-refractivity contribution < 1.29 is 14.3 Å². The molecule has 0 aliphatic rings. The Kier molecular flexibility index (Phi) is 14.5. The smallest absolute Gasteiger partial charge is 0.302 e. The third kappa shape index (κ3) is 24.6. The maximum atomic E-state index is 10.2. The number of rotatable bonds is 6. The summed E-state index contributed by atoms with van der Waals surface area (Å²) in [6.07, 6.45) is 4.98. The number of Topliss-reactive ketones (excluding diaryl/α,β-unsaturated/α-hetero) is 1. The second-order valence-corrected chi connectivity index (χ2v) is 3.50. The summed E-state index contributed by atoms with van der Waals surface area (Å²) in [5.74, 6) is 0.125. The summed E-state index contributed by atoms with van der Waals surface area (Å²) in [6, 6.07) is 0. The van der Waals surface area contributed by atoms with E-state index in [-0.39, 0.29) is 5.97 Å². The highest BCUT2D eigenvalue weighted by molar-refractivity contribution is 5.75. The molecule has 0 aliphatic carbocycles. The molecule has 3 heteroatoms. The number of carbonyl (C=O) groups excluding carboxylic acids is 2. The largest absolute Gasteiger partial charge is 0.466 e. The molecular weight excluding hydrogens is 192 g/mol. The molecule has 0 aromatic rings. The molecule has 0 atom stereocenters. The SMILES string of the molecule is CCCCC(C)=O.CCCCOC(C)=O. The lowest BCUT2D eigenvalue weighted by Gasteiger charge is -1.96. The molecule has 0 aromatic heterocycles. The van der Waals surface area contributed by atoms with Crippen molar-refractivity contribution in [2.75, 3.05) is 6.61 Å². The molecule has 0 aliphatic heterocycles. The summed E-state index contributed by atoms with van der Waals surface area (Å²) in [5.41, 5.74) is 0. The van der Waals surface area contributed by atoms with E-state index in [9.17, 15) is 9.59 Å². The average molecular weight is 216 g/mol. The molecule has 0 saturated carbocycles. The Morgan fingerprint density at radius 3 is 1.80 bits per heavy atom. The molecule has 0 aromatic carbocycles. The van der Waals surface area contributed by atoms with Crippen molar-refractivity contribution in [3.8, 4) is 0 Å². The molecule has 90 valence electrons. The molecule has 0 heterocycles. The highest BCUT2D eigenvalue weighted by atomic mass is 16.5. The maximum absolute atomic E-state index is 10.2. The minimum atomic E-state index is -0.182. The maximum Gasteiger partial charge on any atom is 0.302 e. The van der Waals surface area contributed by atoms with E-state index in [1.54, 1.807) is 6.92 Å². The highest BCUT2D eigenvalue weighted by Gasteiger charge is 1.88. The normalized spacial score (nSPS) is 8.80. The standard InChI is InChI=1S/C6H12O2.C6H12O/c1-3-4-5-8-6(2)7;1-3-4-5-6(2)7/h3-5H2,1-2H3;3-5H2,1-2H3. The van der Waals surface area contributed by atoms with Gasteiger partial charge in [-0.15, -0.1) is 0 Å². The number of ketones is 1. The second-order valence-electron chi connectivity index (χ2n) is 3.50. The van der Waals surface area contributed by atoms with Gasteiger partial charge < -0.3 is 9.53 Å². The van der Waals surface area contributed by atoms with Crippen molar-refractivity contribution in [1.82, 2.24) is 0 Å². The Hall–Kier alpha value is -0.860. The third-order valence-electron chi connectivity index (χ3n) is 1.69. The fourth-order valence-corrected chi connectivity index (χ4v) is 0.786. The van der Waals surface area contributed by atoms with Gasteiger partial charge in [0.2, 0.25) is 0 Å². The zero-order valence-electron chi connectivity index (χ0n) is 10.5. The van der Waals surface area contributed by atoms with Crippen molar-refractivity contribution in [2.24, 2.45) is 0 Å². The molecule has 0 unspecified atom stereocenters. The minimum Gasteiger partial charge on any atom is -0.466 e. The fraction of sp³-hybridized carbons (Fsp3) is 0.833. The number of carbonyl (C=O) groups is 2. The summed E-state index contributed by atoms with van der Waals surface area (Å²) in [7, 11) is 0. The van der Waals surface area contributed by atoms with E-state index in [2.05, 4.69) is 18.6 Å². The van der Waals surface area contributed by atoms with Gasteiger partial charge in [0.15, 0.2) is 0 Å². The van der Waals surface area contributed by atoms with E-state index in [0.717, 1.165) is 32.1 Å². The quantitative estimate of drug-likeness (QED) is 0.506. The predicted molar refractivity (Wildman–Crippen MR) is 61.7 cm³/mol. The zero-order chi connectivity index (χ0) is 12.1. The monoisotopic (exact) mass is 216 g/mol. The van der Waals surface area contributed by atoms with Crippen LogP contribution >= 0.6 is 0 Å². The van der Waals surface area contributed by atoms with Crippen molar-refractivity contribution in [3.05, 3.63) is 0 Å². The number of hydrogen-bond acceptors (Lipinski definition) is 3. The van der Waals surface area contributed by atoms with Gasteiger partial charge in [0.25, 0.3) is 0 Å². The number of hydrogen-bond donors (Lipinski definition) is 0. The van der Waals surface area contributed by atoms with Gasteiger partial charge in [0, 0.05) is 13.3 Å². The van der Waals surface area contributed by atoms with Gasteiger partial charge in [-0.2, -0.15) is 0 Å². The molecule has 0 radical (unpaired) electrons. The average Bonchev–Trinajstić information content (AvgIpc) is 2.15. The van der Waals surface area contributed by atoms with Crippen LogP contribution in [0.1, 0.15) is 59.8 Å². The lowest BCUT2D eigenvalue weighted by atomic mass is 10.2. The second kappa shape index (κ2) is 13.1. The molecular formula is C12H24O3. The Morgan fingerprint density at radius 1 is 1.00 bits per heavy atom. The van der Waals surface area contributed by atoms with Crippen LogP contribution in [0.3, 0.4) is 0 Å². The Bertz CT molecular complexity index is 164. The first-order valence-electron chi connectivity index (χ1n) is 5.67. The molecule has 0 amide bonds. The molecule has 0 spiro atoms. The van der Waals surface area contributed by atoms with Crippen LogP contribution < -0.4 is 0 Å². The summed E-state index contributed by atoms with van der Waals surface area (Å²) in [5, 5.41) is 0. The predicted octanol–water partition coefficient (Wildman–Crippen LogP) is 3.12. The topological polar surface area (TPSA) is 43.4 Å². The van der Waals surface area contributed by atoms with Crippen LogP contribution in [-0.2, 0) is 14.3 Å². The lowest BCUT2D eigenvalue weighted by Crippen LogP contribution is -1.99. The van der Waals surface area contributed by atoms with Crippen LogP contribution in [0.25, 0.3) is 0 Å². The van der Waals surface area contributed by atoms with E-state index in [1.807, 2.05) is 0 Å². The number of unbranched alkanes of at least 4 members (excludes halogenated alkanes) is 2. The van der Waals surface area contributed by atoms with E-state index >= 15 is 0 Å². The van der Waals surface area contributed by atoms with Gasteiger partial charge in [-0.3, -0.25) is 4.79 Å². The van der Waals surface area contributed by atoms with Crippen LogP contribution in [0.5, 0.6) is 0 Å². The first kappa shape index (κ1) is 16.6. The van der Waals surface area contributed by atoms with Crippen molar-refractivity contribution in [3.63, 3.8) is 0 Å². The van der Waals surface area contributed by atoms with Gasteiger partial charge in [-0.05, 0) is 19.8 Å². The Labute approximate surface area is 93.2 Å². The van der Waals surface area contributed by atoms with Gasteiger partial charge in [-0.1, -0.05) is 26.7 Å². The molecule has 0 bridgehead atoms. The lowest BCUT2D eigenvalue weighted by molar-refractivity contribution is -0.141. The van der Waals surface area contributed by atoms with Gasteiger partial charge in [0.1, 0.15) is 5.78 Å². The van der Waals surface area contributed by atoms with Gasteiger partial charge in [-0.25, -0.2) is 0 Å². The molecule has 0 saturated heterocycles. The van der Waals surface area contributed by atoms with E-state index < -0.39 is 0 Å². The molecule has 0 N–H and O–H groups in total. The van der Waals surface area contributed by atoms with E-state index in [0.29, 0.717) is 12.4 Å². The summed E-state index contributed by atoms with van der Waals surface area (Å²) < 4.78 is 4.64. The van der Waals surface area contributed by atoms with Gasteiger partial charge in [0.05, 0.1) is 6.61 Å². The van der Waals surface area contributed by atoms with Crippen LogP contribution in [-0.4, -0.2) is 18.4 Å². The third-order valence-corrected chi connectivity index (χ3v) is 1.69. The fourth-order valence-electron chi connectivity index (χ4n) is 0.786. The number of esters is 1. The minimum absolute atomic E-state index is 0.182. The first-order chi connectivity index (χ1) is 7.04. The van der Waals surface area contributed by atoms with E-state index in [4.69, 9.17) is 0 Å². The molecule has 0 rings (SSSR count). The van der Waals surface area contributed by atoms with Crippen molar-refractivity contribution in [2.45, 2.75) is 59.8 Å². The zero-order valence-corrected chi connectivity index (χ0v) is 10.5. The van der Waals surface area contributed by atoms with Gasteiger partial charge >= 0.3 is 5.97 Å². The first-order valence-corrected chi connectivity index (χ1v) is 5.67. The van der Waals surface area contributed by atoms with Crippen LogP contribution in [0, 0.1) is 0 Å². The molecule has 0 fully saturated rings. The van der Waals surface area contributed by atoms with Crippen molar-refractivity contribution in [1.29, 1.82) is 0 Å². The summed E-state index contributed by atoms with van der Waals surface area (Å²) in [6.45, 7) is 7.78. The highest BCUT2D eigenvalue weighted by Crippen LogP contribution is 1.92. The molecule has 3 nitrogen and oxygen atoms in total. The van der Waals surface area contributed by atoms with Crippen LogP contribution in [0.4, 0.5) is 0 Å². The number of ether oxygens (including phenoxy) is 1. The summed E-state index contributed by atoms with van der Waals surface area (Å²) >= 11 is 0. The van der Waals surface area contributed by atoms with Crippen molar-refractivity contribution >= 4 is 11.8 Å². The molecule has 15 heavy (non-hydrogen) atoms. The van der Waals surface area contributed by atoms with Crippen LogP contribution in [0.15, 0.2) is 0 Å². The Morgan fingerprint density at radius 2 is 1.53 bits per heavy atom. The Balaban J connectivity index is 0. The van der Waals surface area contributed by atoms with Crippen LogP contribution in [0.2, 0.25) is 0 Å². The van der Waals surface area contributed by atoms with E-state index in [1.165, 1.54) is 6.92 Å². The summed E-state index contributed by atoms with van der Waals surface area (Å²) in [4.78, 5) is 20.3.